The van der Waals surface area contributed by atoms with Gasteiger partial charge < -0.3 is 19.7 Å². The van der Waals surface area contributed by atoms with Gasteiger partial charge in [-0.15, -0.1) is 0 Å². The Morgan fingerprint density at radius 1 is 1.27 bits per heavy atom. The number of carbonyl (C=O) groups is 1. The number of fused-ring (bicyclic) bond motifs is 1. The quantitative estimate of drug-likeness (QED) is 0.821. The van der Waals surface area contributed by atoms with Crippen LogP contribution < -0.4 is 5.32 Å². The highest BCUT2D eigenvalue weighted by Crippen LogP contribution is 2.27. The van der Waals surface area contributed by atoms with E-state index in [1.807, 2.05) is 39.2 Å². The second-order valence-corrected chi connectivity index (χ2v) is 8.80. The molecule has 0 saturated carbocycles. The fourth-order valence-corrected chi connectivity index (χ4v) is 3.72. The molecule has 30 heavy (non-hydrogen) atoms. The lowest BCUT2D eigenvalue weighted by molar-refractivity contribution is 0.0220. The summed E-state index contributed by atoms with van der Waals surface area (Å²) in [4.78, 5) is 27.8. The van der Waals surface area contributed by atoms with E-state index in [9.17, 15) is 4.79 Å². The zero-order chi connectivity index (χ0) is 21.1. The van der Waals surface area contributed by atoms with Gasteiger partial charge in [0.05, 0.1) is 12.2 Å². The van der Waals surface area contributed by atoms with Crippen molar-refractivity contribution in [2.75, 3.05) is 25.1 Å². The highest BCUT2D eigenvalue weighted by molar-refractivity contribution is 5.68. The van der Waals surface area contributed by atoms with Gasteiger partial charge in [-0.3, -0.25) is 4.98 Å². The van der Waals surface area contributed by atoms with Crippen LogP contribution in [0.15, 0.2) is 24.5 Å². The van der Waals surface area contributed by atoms with Gasteiger partial charge in [-0.1, -0.05) is 0 Å². The van der Waals surface area contributed by atoms with Gasteiger partial charge in [0.2, 0.25) is 5.95 Å². The van der Waals surface area contributed by atoms with E-state index in [1.54, 1.807) is 4.90 Å². The summed E-state index contributed by atoms with van der Waals surface area (Å²) in [5.41, 5.74) is 3.38. The maximum absolute atomic E-state index is 12.4. The number of nitrogens with zero attached hydrogens (tertiary/aromatic N) is 4. The van der Waals surface area contributed by atoms with E-state index in [0.29, 0.717) is 25.0 Å². The molecule has 4 rings (SSSR count). The van der Waals surface area contributed by atoms with Crippen molar-refractivity contribution >= 4 is 17.7 Å². The van der Waals surface area contributed by atoms with Gasteiger partial charge in [0, 0.05) is 49.5 Å². The summed E-state index contributed by atoms with van der Waals surface area (Å²) in [6, 6.07) is 3.98. The SMILES string of the molecule is CC(C)(C)OC(=O)N1CCc2cnc(Nc3ccnc(C4CCOCC4)c3)nc2C1. The maximum atomic E-state index is 12.4. The Balaban J connectivity index is 1.46. The predicted octanol–water partition coefficient (Wildman–Crippen LogP) is 3.80. The molecule has 0 aliphatic carbocycles. The van der Waals surface area contributed by atoms with Gasteiger partial charge in [-0.25, -0.2) is 14.8 Å². The summed E-state index contributed by atoms with van der Waals surface area (Å²) in [6.07, 6.45) is 6.06. The number of rotatable bonds is 3. The van der Waals surface area contributed by atoms with Crippen LogP contribution in [0.1, 0.15) is 56.5 Å². The summed E-state index contributed by atoms with van der Waals surface area (Å²) in [7, 11) is 0. The number of ether oxygens (including phenoxy) is 2. The van der Waals surface area contributed by atoms with Crippen molar-refractivity contribution in [1.82, 2.24) is 19.9 Å². The molecule has 8 nitrogen and oxygen atoms in total. The molecule has 8 heteroatoms. The molecular formula is C22H29N5O3. The van der Waals surface area contributed by atoms with E-state index >= 15 is 0 Å². The molecule has 1 N–H and O–H groups in total. The molecule has 4 heterocycles. The normalized spacial score (nSPS) is 17.4. The molecule has 2 aliphatic rings. The Kier molecular flexibility index (Phi) is 5.85. The van der Waals surface area contributed by atoms with Gasteiger partial charge >= 0.3 is 6.09 Å². The van der Waals surface area contributed by atoms with Crippen molar-refractivity contribution in [1.29, 1.82) is 0 Å². The van der Waals surface area contributed by atoms with Crippen molar-refractivity contribution in [2.45, 2.75) is 58.1 Å². The zero-order valence-electron chi connectivity index (χ0n) is 17.9. The third-order valence-corrected chi connectivity index (χ3v) is 5.27. The molecule has 0 aromatic carbocycles. The van der Waals surface area contributed by atoms with Crippen LogP contribution >= 0.6 is 0 Å². The van der Waals surface area contributed by atoms with Crippen LogP contribution in [0.2, 0.25) is 0 Å². The number of amides is 1. The third-order valence-electron chi connectivity index (χ3n) is 5.27. The molecule has 0 radical (unpaired) electrons. The standard InChI is InChI=1S/C22H29N5O3/c1-22(2,3)30-21(28)27-9-5-16-13-24-20(26-19(16)14-27)25-17-4-8-23-18(12-17)15-6-10-29-11-7-15/h4,8,12-13,15H,5-7,9-11,14H2,1-3H3,(H,23,24,25,26). The average Bonchev–Trinajstić information content (AvgIpc) is 2.73. The fraction of sp³-hybridized carbons (Fsp3) is 0.545. The van der Waals surface area contributed by atoms with Crippen LogP contribution in [-0.2, 0) is 22.4 Å². The number of hydrogen-bond donors (Lipinski definition) is 1. The lowest BCUT2D eigenvalue weighted by atomic mass is 9.96. The Hall–Kier alpha value is -2.74. The minimum Gasteiger partial charge on any atom is -0.444 e. The lowest BCUT2D eigenvalue weighted by Crippen LogP contribution is -2.40. The second-order valence-electron chi connectivity index (χ2n) is 8.80. The van der Waals surface area contributed by atoms with Crippen LogP contribution in [0.5, 0.6) is 0 Å². The first-order valence-electron chi connectivity index (χ1n) is 10.5. The van der Waals surface area contributed by atoms with Gasteiger partial charge in [-0.2, -0.15) is 0 Å². The molecule has 0 unspecified atom stereocenters. The van der Waals surface area contributed by atoms with Gasteiger partial charge in [0.15, 0.2) is 0 Å². The summed E-state index contributed by atoms with van der Waals surface area (Å²) in [5.74, 6) is 0.941. The monoisotopic (exact) mass is 411 g/mol. The van der Waals surface area contributed by atoms with E-state index in [-0.39, 0.29) is 6.09 Å². The highest BCUT2D eigenvalue weighted by Gasteiger charge is 2.27. The Morgan fingerprint density at radius 2 is 2.07 bits per heavy atom. The number of hydrogen-bond acceptors (Lipinski definition) is 7. The minimum absolute atomic E-state index is 0.309. The first kappa shape index (κ1) is 20.5. The Morgan fingerprint density at radius 3 is 2.83 bits per heavy atom. The number of anilines is 2. The van der Waals surface area contributed by atoms with Crippen LogP contribution in [0.4, 0.5) is 16.4 Å². The van der Waals surface area contributed by atoms with E-state index < -0.39 is 5.60 Å². The van der Waals surface area contributed by atoms with Gasteiger partial charge in [0.25, 0.3) is 0 Å². The number of nitrogens with one attached hydrogen (secondary N) is 1. The number of pyridine rings is 1. The smallest absolute Gasteiger partial charge is 0.410 e. The molecule has 160 valence electrons. The van der Waals surface area contributed by atoms with Crippen molar-refractivity contribution < 1.29 is 14.3 Å². The number of aromatic nitrogens is 3. The first-order valence-corrected chi connectivity index (χ1v) is 10.5. The number of carbonyl (C=O) groups excluding carboxylic acids is 1. The topological polar surface area (TPSA) is 89.5 Å². The molecular weight excluding hydrogens is 382 g/mol. The predicted molar refractivity (Wildman–Crippen MR) is 113 cm³/mol. The highest BCUT2D eigenvalue weighted by atomic mass is 16.6. The van der Waals surface area contributed by atoms with Crippen molar-refractivity contribution in [3.8, 4) is 0 Å². The molecule has 1 amide bonds. The van der Waals surface area contributed by atoms with Crippen LogP contribution in [0.25, 0.3) is 0 Å². The van der Waals surface area contributed by atoms with Gasteiger partial charge in [0.1, 0.15) is 5.60 Å². The largest absolute Gasteiger partial charge is 0.444 e. The summed E-state index contributed by atoms with van der Waals surface area (Å²) >= 11 is 0. The maximum Gasteiger partial charge on any atom is 0.410 e. The summed E-state index contributed by atoms with van der Waals surface area (Å²) in [6.45, 7) is 8.21. The molecule has 2 aromatic heterocycles. The Labute approximate surface area is 177 Å². The van der Waals surface area contributed by atoms with Crippen molar-refractivity contribution in [2.24, 2.45) is 0 Å². The summed E-state index contributed by atoms with van der Waals surface area (Å²) < 4.78 is 11.0. The summed E-state index contributed by atoms with van der Waals surface area (Å²) in [5, 5.41) is 3.29. The van der Waals surface area contributed by atoms with Crippen LogP contribution in [0, 0.1) is 0 Å². The van der Waals surface area contributed by atoms with Crippen LogP contribution in [0.3, 0.4) is 0 Å². The molecule has 1 saturated heterocycles. The van der Waals surface area contributed by atoms with E-state index in [4.69, 9.17) is 9.47 Å². The second kappa shape index (κ2) is 8.55. The molecule has 0 bridgehead atoms. The van der Waals surface area contributed by atoms with E-state index in [0.717, 1.165) is 55.1 Å². The molecule has 2 aliphatic heterocycles. The Bertz CT molecular complexity index is 906. The molecule has 2 aromatic rings. The first-order chi connectivity index (χ1) is 14.4. The van der Waals surface area contributed by atoms with E-state index in [2.05, 4.69) is 26.3 Å². The zero-order valence-corrected chi connectivity index (χ0v) is 17.9. The minimum atomic E-state index is -0.515. The van der Waals surface area contributed by atoms with Crippen molar-refractivity contribution in [3.05, 3.63) is 41.5 Å². The van der Waals surface area contributed by atoms with Crippen LogP contribution in [-0.4, -0.2) is 51.3 Å². The fourth-order valence-electron chi connectivity index (χ4n) is 3.72. The average molecular weight is 412 g/mol. The lowest BCUT2D eigenvalue weighted by Gasteiger charge is -2.30. The van der Waals surface area contributed by atoms with Gasteiger partial charge in [-0.05, 0) is 57.7 Å². The van der Waals surface area contributed by atoms with E-state index in [1.165, 1.54) is 0 Å². The third kappa shape index (κ3) is 5.05. The molecule has 0 spiro atoms. The molecule has 1 fully saturated rings. The molecule has 0 atom stereocenters. The van der Waals surface area contributed by atoms with Crippen molar-refractivity contribution in [3.63, 3.8) is 0 Å².